The van der Waals surface area contributed by atoms with E-state index in [1.807, 2.05) is 36.4 Å². The van der Waals surface area contributed by atoms with Crippen LogP contribution >= 0.6 is 0 Å². The maximum absolute atomic E-state index is 11.3. The molecule has 0 aliphatic rings. The standard InChI is InChI=1S/C15H11N3O2/c19-18(20)15-8-12(13-9-16-17-10-13)6-7-14(15)11-4-2-1-3-5-11/h1-10H,(H,16,17). The van der Waals surface area contributed by atoms with Crippen molar-refractivity contribution < 1.29 is 4.92 Å². The fraction of sp³-hybridized carbons (Fsp3) is 0. The maximum Gasteiger partial charge on any atom is 0.277 e. The molecule has 0 amide bonds. The number of nitro benzene ring substituents is 1. The first-order valence-electron chi connectivity index (χ1n) is 6.09. The third-order valence-electron chi connectivity index (χ3n) is 3.11. The van der Waals surface area contributed by atoms with E-state index in [1.165, 1.54) is 0 Å². The van der Waals surface area contributed by atoms with E-state index < -0.39 is 0 Å². The van der Waals surface area contributed by atoms with E-state index in [2.05, 4.69) is 10.2 Å². The first-order valence-corrected chi connectivity index (χ1v) is 6.09. The molecule has 20 heavy (non-hydrogen) atoms. The van der Waals surface area contributed by atoms with Gasteiger partial charge in [-0.2, -0.15) is 5.10 Å². The molecule has 2 aromatic carbocycles. The van der Waals surface area contributed by atoms with Crippen LogP contribution < -0.4 is 0 Å². The smallest absolute Gasteiger partial charge is 0.277 e. The summed E-state index contributed by atoms with van der Waals surface area (Å²) in [6.07, 6.45) is 3.35. The highest BCUT2D eigenvalue weighted by molar-refractivity contribution is 5.78. The monoisotopic (exact) mass is 265 g/mol. The number of aromatic nitrogens is 2. The molecule has 0 radical (unpaired) electrons. The van der Waals surface area contributed by atoms with E-state index in [0.717, 1.165) is 16.7 Å². The molecule has 0 unspecified atom stereocenters. The Morgan fingerprint density at radius 2 is 1.80 bits per heavy atom. The van der Waals surface area contributed by atoms with Gasteiger partial charge in [-0.05, 0) is 17.2 Å². The Labute approximate surface area is 115 Å². The Kier molecular flexibility index (Phi) is 3.01. The van der Waals surface area contributed by atoms with Gasteiger partial charge in [0.25, 0.3) is 5.69 Å². The van der Waals surface area contributed by atoms with Gasteiger partial charge in [-0.15, -0.1) is 0 Å². The molecular weight excluding hydrogens is 254 g/mol. The fourth-order valence-electron chi connectivity index (χ4n) is 2.13. The zero-order valence-electron chi connectivity index (χ0n) is 10.5. The van der Waals surface area contributed by atoms with Crippen LogP contribution in [-0.4, -0.2) is 15.1 Å². The number of rotatable bonds is 3. The zero-order chi connectivity index (χ0) is 13.9. The minimum Gasteiger partial charge on any atom is -0.285 e. The molecule has 1 heterocycles. The van der Waals surface area contributed by atoms with Crippen LogP contribution in [0, 0.1) is 10.1 Å². The number of nitrogens with zero attached hydrogens (tertiary/aromatic N) is 2. The van der Waals surface area contributed by atoms with Crippen molar-refractivity contribution >= 4 is 5.69 Å². The van der Waals surface area contributed by atoms with E-state index in [0.29, 0.717) is 5.56 Å². The van der Waals surface area contributed by atoms with Crippen LogP contribution in [0.3, 0.4) is 0 Å². The molecule has 0 spiro atoms. The lowest BCUT2D eigenvalue weighted by atomic mass is 10.00. The summed E-state index contributed by atoms with van der Waals surface area (Å²) in [5.41, 5.74) is 3.13. The summed E-state index contributed by atoms with van der Waals surface area (Å²) < 4.78 is 0. The number of nitrogens with one attached hydrogen (secondary N) is 1. The van der Waals surface area contributed by atoms with Gasteiger partial charge in [0.2, 0.25) is 0 Å². The van der Waals surface area contributed by atoms with E-state index in [9.17, 15) is 10.1 Å². The minimum atomic E-state index is -0.355. The topological polar surface area (TPSA) is 71.8 Å². The van der Waals surface area contributed by atoms with Crippen LogP contribution in [0.1, 0.15) is 0 Å². The minimum absolute atomic E-state index is 0.0925. The predicted molar refractivity (Wildman–Crippen MR) is 76.1 cm³/mol. The lowest BCUT2D eigenvalue weighted by Crippen LogP contribution is -1.92. The van der Waals surface area contributed by atoms with E-state index >= 15 is 0 Å². The Bertz CT molecular complexity index is 737. The molecule has 1 N–H and O–H groups in total. The van der Waals surface area contributed by atoms with Crippen LogP contribution in [0.4, 0.5) is 5.69 Å². The molecule has 3 rings (SSSR count). The molecule has 0 saturated heterocycles. The summed E-state index contributed by atoms with van der Waals surface area (Å²) >= 11 is 0. The third-order valence-corrected chi connectivity index (χ3v) is 3.11. The van der Waals surface area contributed by atoms with Gasteiger partial charge in [0.05, 0.1) is 16.7 Å². The van der Waals surface area contributed by atoms with E-state index in [-0.39, 0.29) is 10.6 Å². The molecule has 0 aliphatic carbocycles. The van der Waals surface area contributed by atoms with Gasteiger partial charge in [0.15, 0.2) is 0 Å². The number of aromatic amines is 1. The first-order chi connectivity index (χ1) is 9.75. The summed E-state index contributed by atoms with van der Waals surface area (Å²) in [5, 5.41) is 17.9. The van der Waals surface area contributed by atoms with Crippen LogP contribution in [0.25, 0.3) is 22.3 Å². The van der Waals surface area contributed by atoms with Gasteiger partial charge in [-0.1, -0.05) is 36.4 Å². The SMILES string of the molecule is O=[N+]([O-])c1cc(-c2cn[nH]c2)ccc1-c1ccccc1. The van der Waals surface area contributed by atoms with Crippen molar-refractivity contribution in [3.63, 3.8) is 0 Å². The molecule has 5 heteroatoms. The normalized spacial score (nSPS) is 10.4. The number of hydrogen-bond donors (Lipinski definition) is 1. The van der Waals surface area contributed by atoms with Gasteiger partial charge in [-0.25, -0.2) is 0 Å². The Balaban J connectivity index is 2.15. The highest BCUT2D eigenvalue weighted by Crippen LogP contribution is 2.33. The molecule has 5 nitrogen and oxygen atoms in total. The number of nitro groups is 1. The quantitative estimate of drug-likeness (QED) is 0.580. The zero-order valence-corrected chi connectivity index (χ0v) is 10.5. The summed E-state index contributed by atoms with van der Waals surface area (Å²) in [7, 11) is 0. The van der Waals surface area contributed by atoms with Gasteiger partial charge in [-0.3, -0.25) is 15.2 Å². The third kappa shape index (κ3) is 2.16. The van der Waals surface area contributed by atoms with Crippen molar-refractivity contribution in [2.24, 2.45) is 0 Å². The molecular formula is C15H11N3O2. The molecule has 98 valence electrons. The summed E-state index contributed by atoms with van der Waals surface area (Å²) in [4.78, 5) is 10.9. The molecule has 0 fully saturated rings. The molecule has 0 saturated carbocycles. The van der Waals surface area contributed by atoms with Crippen LogP contribution in [0.2, 0.25) is 0 Å². The highest BCUT2D eigenvalue weighted by Gasteiger charge is 2.16. The fourth-order valence-corrected chi connectivity index (χ4v) is 2.13. The van der Waals surface area contributed by atoms with E-state index in [1.54, 1.807) is 24.5 Å². The second-order valence-corrected chi connectivity index (χ2v) is 4.34. The molecule has 3 aromatic rings. The van der Waals surface area contributed by atoms with Crippen molar-refractivity contribution in [2.75, 3.05) is 0 Å². The Hall–Kier alpha value is -2.95. The average molecular weight is 265 g/mol. The summed E-state index contributed by atoms with van der Waals surface area (Å²) in [6.45, 7) is 0. The molecule has 0 atom stereocenters. The van der Waals surface area contributed by atoms with Gasteiger partial charge >= 0.3 is 0 Å². The highest BCUT2D eigenvalue weighted by atomic mass is 16.6. The van der Waals surface area contributed by atoms with Crippen molar-refractivity contribution in [2.45, 2.75) is 0 Å². The van der Waals surface area contributed by atoms with Crippen LogP contribution in [0.15, 0.2) is 60.9 Å². The Morgan fingerprint density at radius 3 is 2.45 bits per heavy atom. The van der Waals surface area contributed by atoms with Crippen LogP contribution in [-0.2, 0) is 0 Å². The summed E-state index contributed by atoms with van der Waals surface area (Å²) in [5.74, 6) is 0. The van der Waals surface area contributed by atoms with Crippen molar-refractivity contribution in [1.29, 1.82) is 0 Å². The van der Waals surface area contributed by atoms with Gasteiger partial charge < -0.3 is 0 Å². The Morgan fingerprint density at radius 1 is 1.00 bits per heavy atom. The first kappa shape index (κ1) is 12.1. The van der Waals surface area contributed by atoms with Crippen LogP contribution in [0.5, 0.6) is 0 Å². The number of hydrogen-bond acceptors (Lipinski definition) is 3. The van der Waals surface area contributed by atoms with Crippen molar-refractivity contribution in [1.82, 2.24) is 10.2 Å². The predicted octanol–water partition coefficient (Wildman–Crippen LogP) is 3.65. The van der Waals surface area contributed by atoms with E-state index in [4.69, 9.17) is 0 Å². The van der Waals surface area contributed by atoms with Gasteiger partial charge in [0.1, 0.15) is 0 Å². The lowest BCUT2D eigenvalue weighted by Gasteiger charge is -2.05. The molecule has 0 aliphatic heterocycles. The number of benzene rings is 2. The largest absolute Gasteiger partial charge is 0.285 e. The maximum atomic E-state index is 11.3. The molecule has 1 aromatic heterocycles. The second kappa shape index (κ2) is 4.97. The van der Waals surface area contributed by atoms with Gasteiger partial charge in [0, 0.05) is 17.8 Å². The second-order valence-electron chi connectivity index (χ2n) is 4.34. The molecule has 0 bridgehead atoms. The average Bonchev–Trinajstić information content (AvgIpc) is 3.02. The lowest BCUT2D eigenvalue weighted by molar-refractivity contribution is -0.384. The van der Waals surface area contributed by atoms with Crippen molar-refractivity contribution in [3.8, 4) is 22.3 Å². The van der Waals surface area contributed by atoms with Crippen molar-refractivity contribution in [3.05, 3.63) is 71.0 Å². The number of H-pyrrole nitrogens is 1. The summed E-state index contributed by atoms with van der Waals surface area (Å²) in [6, 6.07) is 14.5.